The van der Waals surface area contributed by atoms with Crippen LogP contribution in [0.5, 0.6) is 0 Å². The van der Waals surface area contributed by atoms with E-state index in [4.69, 9.17) is 5.73 Å². The molecule has 0 saturated carbocycles. The molecule has 0 atom stereocenters. The van der Waals surface area contributed by atoms with Crippen molar-refractivity contribution in [3.8, 4) is 0 Å². The molecule has 94 valence electrons. The lowest BCUT2D eigenvalue weighted by Gasteiger charge is -2.10. The SMILES string of the molecule is CN(C)c1nc(N)nc(Sc2cccc(F)c2)n1. The summed E-state index contributed by atoms with van der Waals surface area (Å²) < 4.78 is 13.1. The van der Waals surface area contributed by atoms with Gasteiger partial charge in [0.25, 0.3) is 0 Å². The van der Waals surface area contributed by atoms with Gasteiger partial charge >= 0.3 is 0 Å². The largest absolute Gasteiger partial charge is 0.368 e. The van der Waals surface area contributed by atoms with Crippen LogP contribution in [0.3, 0.4) is 0 Å². The maximum atomic E-state index is 13.1. The van der Waals surface area contributed by atoms with Crippen LogP contribution in [0.1, 0.15) is 0 Å². The highest BCUT2D eigenvalue weighted by atomic mass is 32.2. The van der Waals surface area contributed by atoms with E-state index in [1.165, 1.54) is 23.9 Å². The van der Waals surface area contributed by atoms with Crippen LogP contribution in [0, 0.1) is 5.82 Å². The maximum Gasteiger partial charge on any atom is 0.230 e. The summed E-state index contributed by atoms with van der Waals surface area (Å²) in [5.74, 6) is 0.323. The summed E-state index contributed by atoms with van der Waals surface area (Å²) in [5.41, 5.74) is 5.60. The van der Waals surface area contributed by atoms with Crippen molar-refractivity contribution >= 4 is 23.7 Å². The van der Waals surface area contributed by atoms with Gasteiger partial charge in [0.2, 0.25) is 11.9 Å². The zero-order valence-corrected chi connectivity index (χ0v) is 10.8. The fourth-order valence-electron chi connectivity index (χ4n) is 1.24. The van der Waals surface area contributed by atoms with Gasteiger partial charge in [-0.2, -0.15) is 15.0 Å². The van der Waals surface area contributed by atoms with Crippen LogP contribution in [0.2, 0.25) is 0 Å². The van der Waals surface area contributed by atoms with Crippen molar-refractivity contribution in [1.29, 1.82) is 0 Å². The average molecular weight is 265 g/mol. The van der Waals surface area contributed by atoms with Gasteiger partial charge < -0.3 is 10.6 Å². The summed E-state index contributed by atoms with van der Waals surface area (Å²) in [6, 6.07) is 6.22. The smallest absolute Gasteiger partial charge is 0.230 e. The van der Waals surface area contributed by atoms with E-state index in [1.807, 2.05) is 14.1 Å². The van der Waals surface area contributed by atoms with E-state index in [2.05, 4.69) is 15.0 Å². The van der Waals surface area contributed by atoms with Gasteiger partial charge in [-0.05, 0) is 30.0 Å². The minimum Gasteiger partial charge on any atom is -0.368 e. The van der Waals surface area contributed by atoms with Crippen LogP contribution in [0.15, 0.2) is 34.3 Å². The molecule has 5 nitrogen and oxygen atoms in total. The number of hydrogen-bond donors (Lipinski definition) is 1. The molecular weight excluding hydrogens is 253 g/mol. The van der Waals surface area contributed by atoms with Crippen molar-refractivity contribution in [2.45, 2.75) is 10.1 Å². The topological polar surface area (TPSA) is 67.9 Å². The van der Waals surface area contributed by atoms with E-state index < -0.39 is 0 Å². The van der Waals surface area contributed by atoms with E-state index in [9.17, 15) is 4.39 Å². The number of aromatic nitrogens is 3. The summed E-state index contributed by atoms with van der Waals surface area (Å²) >= 11 is 1.24. The molecule has 0 bridgehead atoms. The molecule has 0 saturated heterocycles. The minimum atomic E-state index is -0.296. The van der Waals surface area contributed by atoms with Gasteiger partial charge in [-0.15, -0.1) is 0 Å². The number of anilines is 2. The second-order valence-corrected chi connectivity index (χ2v) is 4.77. The van der Waals surface area contributed by atoms with Crippen molar-refractivity contribution in [1.82, 2.24) is 15.0 Å². The molecule has 0 amide bonds. The third-order valence-corrected chi connectivity index (χ3v) is 2.88. The first-order chi connectivity index (χ1) is 8.54. The predicted octanol–water partition coefficient (Wildman–Crippen LogP) is 1.81. The quantitative estimate of drug-likeness (QED) is 0.913. The zero-order valence-electron chi connectivity index (χ0n) is 9.96. The van der Waals surface area contributed by atoms with Gasteiger partial charge in [0.05, 0.1) is 0 Å². The Morgan fingerprint density at radius 1 is 1.22 bits per heavy atom. The lowest BCUT2D eigenvalue weighted by atomic mass is 10.4. The fraction of sp³-hybridized carbons (Fsp3) is 0.182. The van der Waals surface area contributed by atoms with Gasteiger partial charge in [-0.25, -0.2) is 4.39 Å². The van der Waals surface area contributed by atoms with E-state index >= 15 is 0 Å². The standard InChI is InChI=1S/C11H12FN5S/c1-17(2)10-14-9(13)15-11(16-10)18-8-5-3-4-7(12)6-8/h3-6H,1-2H3,(H2,13,14,15,16). The van der Waals surface area contributed by atoms with Crippen LogP contribution in [0.4, 0.5) is 16.3 Å². The van der Waals surface area contributed by atoms with Gasteiger partial charge in [-0.3, -0.25) is 0 Å². The lowest BCUT2D eigenvalue weighted by molar-refractivity contribution is 0.624. The number of nitrogens with zero attached hydrogens (tertiary/aromatic N) is 4. The first-order valence-electron chi connectivity index (χ1n) is 5.17. The molecular formula is C11H12FN5S. The number of nitrogen functional groups attached to an aromatic ring is 1. The molecule has 7 heteroatoms. The first-order valence-corrected chi connectivity index (χ1v) is 5.98. The highest BCUT2D eigenvalue weighted by Gasteiger charge is 2.08. The lowest BCUT2D eigenvalue weighted by Crippen LogP contribution is -2.15. The summed E-state index contributed by atoms with van der Waals surface area (Å²) in [6.45, 7) is 0. The molecule has 0 unspecified atom stereocenters. The Labute approximate surface area is 108 Å². The number of benzene rings is 1. The molecule has 2 N–H and O–H groups in total. The summed E-state index contributed by atoms with van der Waals surface area (Å²) in [7, 11) is 3.62. The molecule has 0 aliphatic carbocycles. The molecule has 18 heavy (non-hydrogen) atoms. The van der Waals surface area contributed by atoms with Crippen LogP contribution in [0.25, 0.3) is 0 Å². The minimum absolute atomic E-state index is 0.146. The predicted molar refractivity (Wildman–Crippen MR) is 69.1 cm³/mol. The molecule has 0 aliphatic rings. The molecule has 0 spiro atoms. The first kappa shape index (κ1) is 12.6. The molecule has 1 aromatic heterocycles. The average Bonchev–Trinajstić information content (AvgIpc) is 2.28. The molecule has 0 fully saturated rings. The summed E-state index contributed by atoms with van der Waals surface area (Å²) in [5, 5.41) is 0.441. The Kier molecular flexibility index (Phi) is 3.61. The normalized spacial score (nSPS) is 10.4. The molecule has 2 rings (SSSR count). The van der Waals surface area contributed by atoms with E-state index in [1.54, 1.807) is 17.0 Å². The molecule has 1 heterocycles. The number of rotatable bonds is 3. The molecule has 1 aromatic carbocycles. The van der Waals surface area contributed by atoms with Crippen molar-refractivity contribution in [2.24, 2.45) is 0 Å². The highest BCUT2D eigenvalue weighted by molar-refractivity contribution is 7.99. The second kappa shape index (κ2) is 5.18. The zero-order chi connectivity index (χ0) is 13.1. The van der Waals surface area contributed by atoms with Crippen molar-refractivity contribution in [2.75, 3.05) is 24.7 Å². The Hall–Kier alpha value is -1.89. The maximum absolute atomic E-state index is 13.1. The van der Waals surface area contributed by atoms with E-state index in [0.29, 0.717) is 16.0 Å². The summed E-state index contributed by atoms with van der Waals surface area (Å²) in [4.78, 5) is 14.7. The van der Waals surface area contributed by atoms with Gasteiger partial charge in [0.1, 0.15) is 5.82 Å². The van der Waals surface area contributed by atoms with Crippen LogP contribution < -0.4 is 10.6 Å². The van der Waals surface area contributed by atoms with E-state index in [0.717, 1.165) is 0 Å². The molecule has 2 aromatic rings. The number of hydrogen-bond acceptors (Lipinski definition) is 6. The third kappa shape index (κ3) is 3.07. The molecule has 0 aliphatic heterocycles. The fourth-order valence-corrected chi connectivity index (χ4v) is 2.04. The molecule has 0 radical (unpaired) electrons. The third-order valence-electron chi connectivity index (χ3n) is 2.03. The Morgan fingerprint density at radius 2 is 2.00 bits per heavy atom. The van der Waals surface area contributed by atoms with Gasteiger partial charge in [0.15, 0.2) is 5.16 Å². The van der Waals surface area contributed by atoms with Crippen LogP contribution >= 0.6 is 11.8 Å². The summed E-state index contributed by atoms with van der Waals surface area (Å²) in [6.07, 6.45) is 0. The van der Waals surface area contributed by atoms with E-state index in [-0.39, 0.29) is 11.8 Å². The van der Waals surface area contributed by atoms with Crippen molar-refractivity contribution in [3.05, 3.63) is 30.1 Å². The van der Waals surface area contributed by atoms with Gasteiger partial charge in [0, 0.05) is 19.0 Å². The van der Waals surface area contributed by atoms with Crippen molar-refractivity contribution < 1.29 is 4.39 Å². The van der Waals surface area contributed by atoms with Crippen LogP contribution in [-0.4, -0.2) is 29.0 Å². The Morgan fingerprint density at radius 3 is 2.67 bits per heavy atom. The number of halogens is 1. The van der Waals surface area contributed by atoms with Crippen molar-refractivity contribution in [3.63, 3.8) is 0 Å². The van der Waals surface area contributed by atoms with Crippen LogP contribution in [-0.2, 0) is 0 Å². The Bertz CT molecular complexity index is 561. The second-order valence-electron chi connectivity index (χ2n) is 3.73. The Balaban J connectivity index is 2.29. The number of nitrogens with two attached hydrogens (primary N) is 1. The highest BCUT2D eigenvalue weighted by Crippen LogP contribution is 2.26. The van der Waals surface area contributed by atoms with Gasteiger partial charge in [-0.1, -0.05) is 6.07 Å². The monoisotopic (exact) mass is 265 g/mol.